The first-order valence-electron chi connectivity index (χ1n) is 9.01. The van der Waals surface area contributed by atoms with Crippen molar-refractivity contribution >= 4 is 17.5 Å². The van der Waals surface area contributed by atoms with Gasteiger partial charge in [-0.1, -0.05) is 47.7 Å². The number of nitrogens with zero attached hydrogens (tertiary/aromatic N) is 2. The van der Waals surface area contributed by atoms with Crippen LogP contribution >= 0.6 is 11.6 Å². The topological polar surface area (TPSA) is 69.8 Å². The van der Waals surface area contributed by atoms with Crippen molar-refractivity contribution in [2.75, 3.05) is 32.8 Å². The van der Waals surface area contributed by atoms with E-state index in [9.17, 15) is 4.79 Å². The summed E-state index contributed by atoms with van der Waals surface area (Å²) in [7, 11) is 0. The lowest BCUT2D eigenvalue weighted by molar-refractivity contribution is -0.128. The predicted octanol–water partition coefficient (Wildman–Crippen LogP) is 2.68. The minimum atomic E-state index is -0.218. The van der Waals surface area contributed by atoms with E-state index in [-0.39, 0.29) is 12.5 Å². The first-order chi connectivity index (χ1) is 13.5. The number of carbonyl (C=O) groups is 1. The van der Waals surface area contributed by atoms with Gasteiger partial charge in [-0.25, -0.2) is 0 Å². The van der Waals surface area contributed by atoms with E-state index in [1.54, 1.807) is 17.1 Å². The van der Waals surface area contributed by atoms with Crippen molar-refractivity contribution in [1.82, 2.24) is 9.80 Å². The van der Waals surface area contributed by atoms with E-state index in [0.717, 1.165) is 11.3 Å². The molecule has 1 fully saturated rings. The van der Waals surface area contributed by atoms with Gasteiger partial charge in [0, 0.05) is 49.2 Å². The summed E-state index contributed by atoms with van der Waals surface area (Å²) in [4.78, 5) is 16.6. The zero-order valence-corrected chi connectivity index (χ0v) is 17.2. The lowest BCUT2D eigenvalue weighted by Gasteiger charge is -2.36. The van der Waals surface area contributed by atoms with Crippen molar-refractivity contribution < 1.29 is 9.90 Å². The fourth-order valence-electron chi connectivity index (χ4n) is 2.65. The molecule has 0 radical (unpaired) electrons. The average molecular weight is 402 g/mol. The van der Waals surface area contributed by atoms with Gasteiger partial charge in [0.25, 0.3) is 5.91 Å². The molecule has 1 aliphatic rings. The van der Waals surface area contributed by atoms with E-state index in [1.165, 1.54) is 11.7 Å². The molecule has 0 aliphatic carbocycles. The lowest BCUT2D eigenvalue weighted by atomic mass is 10.1. The average Bonchev–Trinajstić information content (AvgIpc) is 2.71. The van der Waals surface area contributed by atoms with Gasteiger partial charge in [0.15, 0.2) is 0 Å². The normalized spacial score (nSPS) is 16.5. The third-order valence-corrected chi connectivity index (χ3v) is 4.33. The van der Waals surface area contributed by atoms with E-state index in [2.05, 4.69) is 23.3 Å². The molecular formula is C22H28ClN3O2. The maximum absolute atomic E-state index is 12.7. The van der Waals surface area contributed by atoms with Gasteiger partial charge in [0.1, 0.15) is 6.61 Å². The summed E-state index contributed by atoms with van der Waals surface area (Å²) in [6, 6.07) is 0. The zero-order valence-electron chi connectivity index (χ0n) is 16.5. The molecule has 0 bridgehead atoms. The Morgan fingerprint density at radius 3 is 2.39 bits per heavy atom. The number of carbonyl (C=O) groups excluding carboxylic acids is 1. The Morgan fingerprint density at radius 2 is 1.86 bits per heavy atom. The fraction of sp³-hybridized carbons (Fsp3) is 0.318. The molecule has 0 saturated carbocycles. The SMILES string of the molecule is C=C(/C=C\C(C#CCO)=C/N)N1CCN(C(=O)C(/C=C(C)\C=C/C)=C\Cl)CC1. The molecule has 0 spiro atoms. The monoisotopic (exact) mass is 401 g/mol. The van der Waals surface area contributed by atoms with E-state index < -0.39 is 0 Å². The first-order valence-corrected chi connectivity index (χ1v) is 9.44. The number of hydrogen-bond acceptors (Lipinski definition) is 4. The molecule has 150 valence electrons. The van der Waals surface area contributed by atoms with E-state index in [1.807, 2.05) is 32.1 Å². The highest BCUT2D eigenvalue weighted by Crippen LogP contribution is 2.15. The summed E-state index contributed by atoms with van der Waals surface area (Å²) in [6.07, 6.45) is 10.6. The molecule has 1 aliphatic heterocycles. The van der Waals surface area contributed by atoms with Crippen LogP contribution in [0.2, 0.25) is 0 Å². The van der Waals surface area contributed by atoms with Crippen molar-refractivity contribution in [3.8, 4) is 11.8 Å². The quantitative estimate of drug-likeness (QED) is 0.408. The Labute approximate surface area is 172 Å². The second kappa shape index (κ2) is 12.7. The van der Waals surface area contributed by atoms with Crippen LogP contribution in [0.15, 0.2) is 71.1 Å². The van der Waals surface area contributed by atoms with Gasteiger partial charge >= 0.3 is 0 Å². The molecule has 6 heteroatoms. The van der Waals surface area contributed by atoms with Gasteiger partial charge < -0.3 is 20.6 Å². The van der Waals surface area contributed by atoms with Crippen molar-refractivity contribution in [2.24, 2.45) is 5.73 Å². The molecule has 0 aromatic rings. The predicted molar refractivity (Wildman–Crippen MR) is 116 cm³/mol. The Bertz CT molecular complexity index is 771. The van der Waals surface area contributed by atoms with Crippen LogP contribution in [-0.2, 0) is 4.79 Å². The third-order valence-electron chi connectivity index (χ3n) is 4.10. The smallest absolute Gasteiger partial charge is 0.254 e. The maximum atomic E-state index is 12.7. The van der Waals surface area contributed by atoms with Crippen LogP contribution in [-0.4, -0.2) is 53.6 Å². The molecule has 1 saturated heterocycles. The lowest BCUT2D eigenvalue weighted by Crippen LogP contribution is -2.48. The summed E-state index contributed by atoms with van der Waals surface area (Å²) in [5.41, 5.74) is 9.70. The summed E-state index contributed by atoms with van der Waals surface area (Å²) < 4.78 is 0. The molecule has 1 heterocycles. The Kier molecular flexibility index (Phi) is 10.6. The number of aliphatic hydroxyl groups excluding tert-OH is 1. The fourth-order valence-corrected chi connectivity index (χ4v) is 2.80. The molecule has 0 aromatic carbocycles. The standard InChI is InChI=1S/C22H28ClN3O2/c1-4-6-18(2)15-21(16-23)22(28)26-12-10-25(11-13-26)19(3)8-9-20(17-24)7-5-14-27/h4,6,8-9,15-17,27H,3,10-14,24H2,1-2H3/b6-4-,9-8-,18-15-,20-17-,21-16-. The molecule has 3 N–H and O–H groups in total. The number of rotatable bonds is 6. The minimum absolute atomic E-state index is 0.0766. The van der Waals surface area contributed by atoms with Gasteiger partial charge in [-0.3, -0.25) is 4.79 Å². The largest absolute Gasteiger partial charge is 0.404 e. The molecule has 1 rings (SSSR count). The molecule has 0 atom stereocenters. The van der Waals surface area contributed by atoms with Crippen LogP contribution in [0.1, 0.15) is 13.8 Å². The van der Waals surface area contributed by atoms with Crippen molar-refractivity contribution in [3.63, 3.8) is 0 Å². The highest BCUT2D eigenvalue weighted by atomic mass is 35.5. The summed E-state index contributed by atoms with van der Waals surface area (Å²) >= 11 is 5.87. The summed E-state index contributed by atoms with van der Waals surface area (Å²) in [5, 5.41) is 8.75. The van der Waals surface area contributed by atoms with Gasteiger partial charge in [-0.05, 0) is 32.1 Å². The number of nitrogens with two attached hydrogens (primary N) is 1. The van der Waals surface area contributed by atoms with Crippen molar-refractivity contribution in [1.29, 1.82) is 0 Å². The van der Waals surface area contributed by atoms with E-state index >= 15 is 0 Å². The molecule has 28 heavy (non-hydrogen) atoms. The first kappa shape index (κ1) is 23.4. The van der Waals surface area contributed by atoms with Gasteiger partial charge in [-0.2, -0.15) is 0 Å². The molecule has 0 aromatic heterocycles. The van der Waals surface area contributed by atoms with E-state index in [0.29, 0.717) is 37.3 Å². The number of hydrogen-bond donors (Lipinski definition) is 2. The highest BCUT2D eigenvalue weighted by molar-refractivity contribution is 6.28. The number of aliphatic hydroxyl groups is 1. The van der Waals surface area contributed by atoms with Crippen molar-refractivity contribution in [2.45, 2.75) is 13.8 Å². The summed E-state index contributed by atoms with van der Waals surface area (Å²) in [6.45, 7) is 10.2. The number of halogens is 1. The highest BCUT2D eigenvalue weighted by Gasteiger charge is 2.22. The van der Waals surface area contributed by atoms with Crippen LogP contribution < -0.4 is 5.73 Å². The summed E-state index contributed by atoms with van der Waals surface area (Å²) in [5.74, 6) is 5.23. The van der Waals surface area contributed by atoms with E-state index in [4.69, 9.17) is 22.4 Å². The van der Waals surface area contributed by atoms with Crippen LogP contribution in [0, 0.1) is 11.8 Å². The third kappa shape index (κ3) is 7.51. The van der Waals surface area contributed by atoms with Gasteiger partial charge in [-0.15, -0.1) is 0 Å². The molecule has 1 amide bonds. The van der Waals surface area contributed by atoms with Crippen LogP contribution in [0.5, 0.6) is 0 Å². The van der Waals surface area contributed by atoms with Gasteiger partial charge in [0.2, 0.25) is 0 Å². The molecular weight excluding hydrogens is 374 g/mol. The second-order valence-corrected chi connectivity index (χ2v) is 6.36. The van der Waals surface area contributed by atoms with Crippen LogP contribution in [0.4, 0.5) is 0 Å². The second-order valence-electron chi connectivity index (χ2n) is 6.14. The minimum Gasteiger partial charge on any atom is -0.404 e. The Morgan fingerprint density at radius 1 is 1.21 bits per heavy atom. The maximum Gasteiger partial charge on any atom is 0.254 e. The molecule has 5 nitrogen and oxygen atoms in total. The van der Waals surface area contributed by atoms with Crippen molar-refractivity contribution in [3.05, 3.63) is 71.1 Å². The number of piperazine rings is 1. The Hall–Kier alpha value is -2.68. The molecule has 0 unspecified atom stereocenters. The number of allylic oxidation sites excluding steroid dienone is 6. The van der Waals surface area contributed by atoms with Crippen LogP contribution in [0.25, 0.3) is 0 Å². The Balaban J connectivity index is 2.68. The van der Waals surface area contributed by atoms with Crippen LogP contribution in [0.3, 0.4) is 0 Å². The zero-order chi connectivity index (χ0) is 20.9. The number of amides is 1. The van der Waals surface area contributed by atoms with Gasteiger partial charge in [0.05, 0.1) is 5.57 Å².